The second-order valence-electron chi connectivity index (χ2n) is 8.80. The molecule has 1 heterocycles. The number of nitrogens with one attached hydrogen (secondary N) is 1. The highest BCUT2D eigenvalue weighted by atomic mass is 32.2. The molecule has 3 aromatic rings. The van der Waals surface area contributed by atoms with Crippen molar-refractivity contribution in [3.05, 3.63) is 60.7 Å². The Morgan fingerprint density at radius 2 is 1.67 bits per heavy atom. The van der Waals surface area contributed by atoms with E-state index in [1.54, 1.807) is 11.8 Å². The summed E-state index contributed by atoms with van der Waals surface area (Å²) in [6.07, 6.45) is 7.97. The van der Waals surface area contributed by atoms with Crippen molar-refractivity contribution in [2.75, 3.05) is 12.3 Å². The van der Waals surface area contributed by atoms with Gasteiger partial charge in [0.25, 0.3) is 0 Å². The molecule has 4 rings (SSSR count). The first kappa shape index (κ1) is 23.6. The smallest absolute Gasteiger partial charge is 0.223 e. The Kier molecular flexibility index (Phi) is 8.65. The normalized spacial score (nSPS) is 14.3. The molecule has 1 saturated carbocycles. The Labute approximate surface area is 202 Å². The van der Waals surface area contributed by atoms with Gasteiger partial charge in [-0.3, -0.25) is 4.79 Å². The van der Waals surface area contributed by atoms with E-state index in [1.165, 1.54) is 30.5 Å². The van der Waals surface area contributed by atoms with E-state index >= 15 is 0 Å². The summed E-state index contributed by atoms with van der Waals surface area (Å²) in [6.45, 7) is 3.85. The molecule has 0 atom stereocenters. The van der Waals surface area contributed by atoms with Gasteiger partial charge >= 0.3 is 0 Å². The molecule has 0 unspecified atom stereocenters. The molecular weight excluding hydrogens is 426 g/mol. The van der Waals surface area contributed by atoms with E-state index in [9.17, 15) is 4.79 Å². The van der Waals surface area contributed by atoms with Crippen molar-refractivity contribution in [2.24, 2.45) is 5.92 Å². The Morgan fingerprint density at radius 3 is 2.33 bits per heavy atom. The SMILES string of the molecule is CCCCn1c(SCCNC(=O)C2CCCCC2)nc(-c2ccccc2)c1-c1ccccc1. The van der Waals surface area contributed by atoms with Crippen LogP contribution in [0.2, 0.25) is 0 Å². The Balaban J connectivity index is 1.55. The Hall–Kier alpha value is -2.53. The molecule has 1 aliphatic carbocycles. The fourth-order valence-electron chi connectivity index (χ4n) is 4.58. The number of rotatable bonds is 10. The highest BCUT2D eigenvalue weighted by Crippen LogP contribution is 2.36. The van der Waals surface area contributed by atoms with Crippen LogP contribution in [0.25, 0.3) is 22.5 Å². The lowest BCUT2D eigenvalue weighted by atomic mass is 9.89. The van der Waals surface area contributed by atoms with E-state index in [0.717, 1.165) is 54.4 Å². The van der Waals surface area contributed by atoms with Gasteiger partial charge in [-0.2, -0.15) is 0 Å². The minimum absolute atomic E-state index is 0.213. The van der Waals surface area contributed by atoms with Gasteiger partial charge in [-0.25, -0.2) is 4.98 Å². The van der Waals surface area contributed by atoms with Gasteiger partial charge in [0.15, 0.2) is 5.16 Å². The summed E-state index contributed by atoms with van der Waals surface area (Å²) in [5, 5.41) is 4.21. The predicted molar refractivity (Wildman–Crippen MR) is 138 cm³/mol. The lowest BCUT2D eigenvalue weighted by molar-refractivity contribution is -0.125. The quantitative estimate of drug-likeness (QED) is 0.267. The first-order chi connectivity index (χ1) is 16.3. The van der Waals surface area contributed by atoms with Crippen LogP contribution in [-0.2, 0) is 11.3 Å². The number of aromatic nitrogens is 2. The highest BCUT2D eigenvalue weighted by Gasteiger charge is 2.22. The van der Waals surface area contributed by atoms with Crippen LogP contribution in [0.4, 0.5) is 0 Å². The third kappa shape index (κ3) is 6.08. The summed E-state index contributed by atoms with van der Waals surface area (Å²) in [4.78, 5) is 17.6. The highest BCUT2D eigenvalue weighted by molar-refractivity contribution is 7.99. The van der Waals surface area contributed by atoms with E-state index in [0.29, 0.717) is 6.54 Å². The summed E-state index contributed by atoms with van der Waals surface area (Å²) in [5.41, 5.74) is 4.55. The second kappa shape index (κ2) is 12.1. The maximum absolute atomic E-state index is 12.5. The third-order valence-electron chi connectivity index (χ3n) is 6.37. The zero-order valence-corrected chi connectivity index (χ0v) is 20.4. The third-order valence-corrected chi connectivity index (χ3v) is 7.35. The van der Waals surface area contributed by atoms with Crippen molar-refractivity contribution in [1.82, 2.24) is 14.9 Å². The maximum Gasteiger partial charge on any atom is 0.223 e. The number of amides is 1. The molecule has 1 amide bonds. The van der Waals surface area contributed by atoms with Gasteiger partial charge in [0.2, 0.25) is 5.91 Å². The largest absolute Gasteiger partial charge is 0.355 e. The molecule has 2 aromatic carbocycles. The molecule has 0 radical (unpaired) electrons. The topological polar surface area (TPSA) is 46.9 Å². The Bertz CT molecular complexity index is 1010. The first-order valence-corrected chi connectivity index (χ1v) is 13.4. The standard InChI is InChI=1S/C28H35N3OS/c1-2-3-20-31-26(23-15-9-5-10-16-23)25(22-13-7-4-8-14-22)30-28(31)33-21-19-29-27(32)24-17-11-6-12-18-24/h4-5,7-10,13-16,24H,2-3,6,11-12,17-21H2,1H3,(H,29,32). The van der Waals surface area contributed by atoms with Crippen LogP contribution in [0, 0.1) is 5.92 Å². The number of carbonyl (C=O) groups is 1. The van der Waals surface area contributed by atoms with E-state index in [4.69, 9.17) is 4.98 Å². The minimum atomic E-state index is 0.213. The first-order valence-electron chi connectivity index (χ1n) is 12.4. The molecule has 0 bridgehead atoms. The molecule has 33 heavy (non-hydrogen) atoms. The molecule has 174 valence electrons. The fourth-order valence-corrected chi connectivity index (χ4v) is 5.46. The van der Waals surface area contributed by atoms with Crippen molar-refractivity contribution in [3.63, 3.8) is 0 Å². The molecular formula is C28H35N3OS. The van der Waals surface area contributed by atoms with E-state index in [-0.39, 0.29) is 11.8 Å². The molecule has 1 aliphatic rings. The molecule has 0 saturated heterocycles. The average molecular weight is 462 g/mol. The van der Waals surface area contributed by atoms with Gasteiger partial charge in [-0.15, -0.1) is 0 Å². The Morgan fingerprint density at radius 1 is 1.00 bits per heavy atom. The van der Waals surface area contributed by atoms with Crippen LogP contribution in [-0.4, -0.2) is 27.8 Å². The number of benzene rings is 2. The van der Waals surface area contributed by atoms with Crippen LogP contribution < -0.4 is 5.32 Å². The monoisotopic (exact) mass is 461 g/mol. The summed E-state index contributed by atoms with van der Waals surface area (Å²) in [5.74, 6) is 1.27. The lowest BCUT2D eigenvalue weighted by Crippen LogP contribution is -2.33. The maximum atomic E-state index is 12.5. The molecule has 0 spiro atoms. The average Bonchev–Trinajstić information content (AvgIpc) is 3.25. The van der Waals surface area contributed by atoms with Crippen LogP contribution in [0.5, 0.6) is 0 Å². The van der Waals surface area contributed by atoms with Gasteiger partial charge in [0.05, 0.1) is 11.4 Å². The van der Waals surface area contributed by atoms with Gasteiger partial charge < -0.3 is 9.88 Å². The predicted octanol–water partition coefficient (Wildman–Crippen LogP) is 6.81. The summed E-state index contributed by atoms with van der Waals surface area (Å²) >= 11 is 1.75. The van der Waals surface area contributed by atoms with Crippen molar-refractivity contribution in [1.29, 1.82) is 0 Å². The summed E-state index contributed by atoms with van der Waals surface area (Å²) < 4.78 is 2.38. The van der Waals surface area contributed by atoms with Crippen LogP contribution in [0.3, 0.4) is 0 Å². The summed E-state index contributed by atoms with van der Waals surface area (Å²) in [6, 6.07) is 21.0. The van der Waals surface area contributed by atoms with Gasteiger partial charge in [-0.1, -0.05) is 105 Å². The number of thioether (sulfide) groups is 1. The number of nitrogens with zero attached hydrogens (tertiary/aromatic N) is 2. The van der Waals surface area contributed by atoms with Gasteiger partial charge in [0.1, 0.15) is 0 Å². The molecule has 0 aliphatic heterocycles. The number of hydrogen-bond acceptors (Lipinski definition) is 3. The van der Waals surface area contributed by atoms with Gasteiger partial charge in [0, 0.05) is 35.9 Å². The van der Waals surface area contributed by atoms with E-state index < -0.39 is 0 Å². The summed E-state index contributed by atoms with van der Waals surface area (Å²) in [7, 11) is 0. The molecule has 1 fully saturated rings. The van der Waals surface area contributed by atoms with Crippen molar-refractivity contribution < 1.29 is 4.79 Å². The van der Waals surface area contributed by atoms with Crippen molar-refractivity contribution in [3.8, 4) is 22.5 Å². The van der Waals surface area contributed by atoms with E-state index in [1.807, 2.05) is 6.07 Å². The number of carbonyl (C=O) groups excluding carboxylic acids is 1. The number of imidazole rings is 1. The number of hydrogen-bond donors (Lipinski definition) is 1. The van der Waals surface area contributed by atoms with Crippen molar-refractivity contribution >= 4 is 17.7 Å². The minimum Gasteiger partial charge on any atom is -0.355 e. The lowest BCUT2D eigenvalue weighted by Gasteiger charge is -2.20. The zero-order chi connectivity index (χ0) is 22.9. The van der Waals surface area contributed by atoms with E-state index in [2.05, 4.69) is 71.4 Å². The fraction of sp³-hybridized carbons (Fsp3) is 0.429. The van der Waals surface area contributed by atoms with Gasteiger partial charge in [-0.05, 0) is 19.3 Å². The van der Waals surface area contributed by atoms with Crippen molar-refractivity contribution in [2.45, 2.75) is 63.6 Å². The molecule has 4 nitrogen and oxygen atoms in total. The number of unbranched alkanes of at least 4 members (excludes halogenated alkanes) is 1. The van der Waals surface area contributed by atoms with Crippen LogP contribution >= 0.6 is 11.8 Å². The zero-order valence-electron chi connectivity index (χ0n) is 19.6. The second-order valence-corrected chi connectivity index (χ2v) is 9.87. The molecule has 1 aromatic heterocycles. The van der Waals surface area contributed by atoms with Crippen LogP contribution in [0.15, 0.2) is 65.8 Å². The molecule has 1 N–H and O–H groups in total. The molecule has 5 heteroatoms. The van der Waals surface area contributed by atoms with Crippen LogP contribution in [0.1, 0.15) is 51.9 Å².